The summed E-state index contributed by atoms with van der Waals surface area (Å²) in [5, 5.41) is 3.21. The molecule has 0 aliphatic heterocycles. The normalized spacial score (nSPS) is 12.3. The summed E-state index contributed by atoms with van der Waals surface area (Å²) >= 11 is 3.41. The van der Waals surface area contributed by atoms with E-state index in [2.05, 4.69) is 33.4 Å². The van der Waals surface area contributed by atoms with Crippen LogP contribution in [0.15, 0.2) is 53.0 Å². The smallest absolute Gasteiger partial charge is 0.126 e. The Kier molecular flexibility index (Phi) is 5.74. The van der Waals surface area contributed by atoms with Crippen molar-refractivity contribution >= 4 is 15.9 Å². The lowest BCUT2D eigenvalue weighted by Crippen LogP contribution is -2.23. The topological polar surface area (TPSA) is 12.0 Å². The van der Waals surface area contributed by atoms with Crippen LogP contribution >= 0.6 is 15.9 Å². The quantitative estimate of drug-likeness (QED) is 0.833. The van der Waals surface area contributed by atoms with Gasteiger partial charge in [-0.05, 0) is 61.7 Å². The Morgan fingerprint density at radius 1 is 1.10 bits per heavy atom. The third kappa shape index (κ3) is 4.43. The molecule has 2 aromatic carbocycles. The molecule has 3 heteroatoms. The van der Waals surface area contributed by atoms with Crippen LogP contribution in [0.4, 0.5) is 4.39 Å². The Labute approximate surface area is 128 Å². The van der Waals surface area contributed by atoms with E-state index in [1.54, 1.807) is 6.07 Å². The van der Waals surface area contributed by atoms with Crippen molar-refractivity contribution in [1.82, 2.24) is 5.32 Å². The van der Waals surface area contributed by atoms with Gasteiger partial charge in [-0.2, -0.15) is 0 Å². The maximum absolute atomic E-state index is 13.9. The average Bonchev–Trinajstić information content (AvgIpc) is 2.44. The van der Waals surface area contributed by atoms with Crippen LogP contribution in [-0.2, 0) is 12.8 Å². The molecule has 0 radical (unpaired) electrons. The minimum atomic E-state index is -0.123. The van der Waals surface area contributed by atoms with Crippen molar-refractivity contribution in [3.63, 3.8) is 0 Å². The molecule has 0 aromatic heterocycles. The maximum Gasteiger partial charge on any atom is 0.126 e. The first-order chi connectivity index (χ1) is 9.69. The zero-order chi connectivity index (χ0) is 14.4. The zero-order valence-electron chi connectivity index (χ0n) is 11.6. The highest BCUT2D eigenvalue weighted by atomic mass is 79.9. The van der Waals surface area contributed by atoms with Crippen LogP contribution in [0.5, 0.6) is 0 Å². The van der Waals surface area contributed by atoms with Gasteiger partial charge >= 0.3 is 0 Å². The van der Waals surface area contributed by atoms with Gasteiger partial charge < -0.3 is 5.32 Å². The summed E-state index contributed by atoms with van der Waals surface area (Å²) in [6.07, 6.45) is 1.69. The highest BCUT2D eigenvalue weighted by Gasteiger charge is 2.13. The third-order valence-corrected chi connectivity index (χ3v) is 3.87. The molecule has 0 amide bonds. The highest BCUT2D eigenvalue weighted by molar-refractivity contribution is 9.10. The number of hydrogen-bond acceptors (Lipinski definition) is 1. The van der Waals surface area contributed by atoms with Crippen LogP contribution in [0, 0.1) is 11.7 Å². The lowest BCUT2D eigenvalue weighted by atomic mass is 9.92. The summed E-state index contributed by atoms with van der Waals surface area (Å²) in [6, 6.07) is 15.5. The van der Waals surface area contributed by atoms with E-state index < -0.39 is 0 Å². The molecule has 2 aromatic rings. The van der Waals surface area contributed by atoms with E-state index in [1.807, 2.05) is 31.3 Å². The summed E-state index contributed by atoms with van der Waals surface area (Å²) in [6.45, 7) is 0.876. The molecule has 1 unspecified atom stereocenters. The number of rotatable bonds is 6. The summed E-state index contributed by atoms with van der Waals surface area (Å²) in [5.41, 5.74) is 2.07. The molecule has 0 saturated carbocycles. The van der Waals surface area contributed by atoms with Crippen molar-refractivity contribution in [1.29, 1.82) is 0 Å². The number of halogens is 2. The fraction of sp³-hybridized carbons (Fsp3) is 0.294. The molecular weight excluding hydrogens is 317 g/mol. The van der Waals surface area contributed by atoms with Gasteiger partial charge in [-0.25, -0.2) is 4.39 Å². The highest BCUT2D eigenvalue weighted by Crippen LogP contribution is 2.20. The predicted molar refractivity (Wildman–Crippen MR) is 85.4 cm³/mol. The Hall–Kier alpha value is -1.19. The van der Waals surface area contributed by atoms with Gasteiger partial charge in [0.2, 0.25) is 0 Å². The van der Waals surface area contributed by atoms with Crippen molar-refractivity contribution in [2.75, 3.05) is 13.6 Å². The molecular formula is C17H19BrFN. The van der Waals surface area contributed by atoms with Crippen molar-refractivity contribution in [3.05, 3.63) is 69.9 Å². The lowest BCUT2D eigenvalue weighted by Gasteiger charge is -2.17. The molecule has 1 atom stereocenters. The van der Waals surface area contributed by atoms with Gasteiger partial charge in [0.1, 0.15) is 5.82 Å². The fourth-order valence-electron chi connectivity index (χ4n) is 2.46. The molecule has 0 aliphatic carbocycles. The molecule has 0 saturated heterocycles. The fourth-order valence-corrected chi connectivity index (χ4v) is 2.87. The van der Waals surface area contributed by atoms with E-state index in [-0.39, 0.29) is 5.82 Å². The maximum atomic E-state index is 13.9. The molecule has 0 heterocycles. The van der Waals surface area contributed by atoms with Gasteiger partial charge in [0.05, 0.1) is 0 Å². The minimum Gasteiger partial charge on any atom is -0.319 e. The molecule has 0 aliphatic rings. The monoisotopic (exact) mass is 335 g/mol. The summed E-state index contributed by atoms with van der Waals surface area (Å²) < 4.78 is 14.8. The van der Waals surface area contributed by atoms with Gasteiger partial charge in [-0.1, -0.05) is 46.3 Å². The first-order valence-corrected chi connectivity index (χ1v) is 7.61. The second-order valence-electron chi connectivity index (χ2n) is 5.05. The molecule has 0 spiro atoms. The third-order valence-electron chi connectivity index (χ3n) is 3.38. The van der Waals surface area contributed by atoms with Crippen LogP contribution in [0.25, 0.3) is 0 Å². The summed E-state index contributed by atoms with van der Waals surface area (Å²) in [7, 11) is 1.94. The van der Waals surface area contributed by atoms with Gasteiger partial charge in [-0.3, -0.25) is 0 Å². The Morgan fingerprint density at radius 2 is 1.85 bits per heavy atom. The number of nitrogens with one attached hydrogen (secondary N) is 1. The van der Waals surface area contributed by atoms with Crippen LogP contribution in [0.2, 0.25) is 0 Å². The Bertz CT molecular complexity index is 542. The van der Waals surface area contributed by atoms with Crippen LogP contribution < -0.4 is 5.32 Å². The van der Waals surface area contributed by atoms with E-state index in [0.29, 0.717) is 5.92 Å². The van der Waals surface area contributed by atoms with Gasteiger partial charge in [0.15, 0.2) is 0 Å². The van der Waals surface area contributed by atoms with Crippen molar-refractivity contribution < 1.29 is 4.39 Å². The van der Waals surface area contributed by atoms with Crippen molar-refractivity contribution in [2.24, 2.45) is 5.92 Å². The largest absolute Gasteiger partial charge is 0.319 e. The van der Waals surface area contributed by atoms with Crippen LogP contribution in [-0.4, -0.2) is 13.6 Å². The van der Waals surface area contributed by atoms with Gasteiger partial charge in [0, 0.05) is 4.47 Å². The molecule has 0 bridgehead atoms. The number of hydrogen-bond donors (Lipinski definition) is 1. The molecule has 0 fully saturated rings. The minimum absolute atomic E-state index is 0.123. The van der Waals surface area contributed by atoms with Gasteiger partial charge in [0.25, 0.3) is 0 Å². The van der Waals surface area contributed by atoms with E-state index in [9.17, 15) is 4.39 Å². The molecule has 1 N–H and O–H groups in total. The Morgan fingerprint density at radius 3 is 2.55 bits per heavy atom. The SMILES string of the molecule is CNCC(Cc1ccccc1)Cc1cc(Br)ccc1F. The van der Waals surface area contributed by atoms with E-state index in [4.69, 9.17) is 0 Å². The van der Waals surface area contributed by atoms with E-state index >= 15 is 0 Å². The first-order valence-electron chi connectivity index (χ1n) is 6.81. The molecule has 1 nitrogen and oxygen atoms in total. The van der Waals surface area contributed by atoms with Crippen molar-refractivity contribution in [2.45, 2.75) is 12.8 Å². The van der Waals surface area contributed by atoms with Crippen LogP contribution in [0.3, 0.4) is 0 Å². The van der Waals surface area contributed by atoms with Crippen LogP contribution in [0.1, 0.15) is 11.1 Å². The second-order valence-corrected chi connectivity index (χ2v) is 5.97. The Balaban J connectivity index is 2.11. The summed E-state index contributed by atoms with van der Waals surface area (Å²) in [5.74, 6) is 0.258. The molecule has 106 valence electrons. The summed E-state index contributed by atoms with van der Waals surface area (Å²) in [4.78, 5) is 0. The van der Waals surface area contributed by atoms with Crippen molar-refractivity contribution in [3.8, 4) is 0 Å². The van der Waals surface area contributed by atoms with E-state index in [1.165, 1.54) is 11.6 Å². The zero-order valence-corrected chi connectivity index (χ0v) is 13.2. The lowest BCUT2D eigenvalue weighted by molar-refractivity contribution is 0.479. The van der Waals surface area contributed by atoms with E-state index in [0.717, 1.165) is 29.4 Å². The van der Waals surface area contributed by atoms with Gasteiger partial charge in [-0.15, -0.1) is 0 Å². The molecule has 20 heavy (non-hydrogen) atoms. The predicted octanol–water partition coefficient (Wildman–Crippen LogP) is 4.21. The standard InChI is InChI=1S/C17H19BrFN/c1-20-12-14(9-13-5-3-2-4-6-13)10-15-11-16(18)7-8-17(15)19/h2-8,11,14,20H,9-10,12H2,1H3. The first kappa shape index (κ1) is 15.2. The number of benzene rings is 2. The molecule has 2 rings (SSSR count). The average molecular weight is 336 g/mol. The second kappa shape index (κ2) is 7.55.